The Balaban J connectivity index is 1.65. The van der Waals surface area contributed by atoms with E-state index in [4.69, 9.17) is 0 Å². The highest BCUT2D eigenvalue weighted by atomic mass is 16.2. The van der Waals surface area contributed by atoms with Crippen molar-refractivity contribution in [2.45, 2.75) is 20.3 Å². The van der Waals surface area contributed by atoms with Crippen LogP contribution in [0.25, 0.3) is 5.78 Å². The zero-order valence-corrected chi connectivity index (χ0v) is 12.6. The van der Waals surface area contributed by atoms with Gasteiger partial charge in [-0.05, 0) is 31.9 Å². The van der Waals surface area contributed by atoms with Crippen molar-refractivity contribution >= 4 is 11.7 Å². The maximum absolute atomic E-state index is 12.1. The van der Waals surface area contributed by atoms with Crippen LogP contribution in [0.15, 0.2) is 36.5 Å². The number of benzene rings is 1. The summed E-state index contributed by atoms with van der Waals surface area (Å²) in [6.45, 7) is 4.49. The van der Waals surface area contributed by atoms with Gasteiger partial charge in [0.1, 0.15) is 0 Å². The second-order valence-electron chi connectivity index (χ2n) is 5.23. The average Bonchev–Trinajstić information content (AvgIpc) is 2.93. The monoisotopic (exact) mass is 295 g/mol. The first-order valence-electron chi connectivity index (χ1n) is 7.15. The lowest BCUT2D eigenvalue weighted by molar-refractivity contribution is 0.0944. The molecule has 112 valence electrons. The van der Waals surface area contributed by atoms with Crippen molar-refractivity contribution in [3.63, 3.8) is 0 Å². The second kappa shape index (κ2) is 5.93. The number of hydrogen-bond acceptors (Lipinski definition) is 4. The van der Waals surface area contributed by atoms with E-state index in [0.717, 1.165) is 12.1 Å². The van der Waals surface area contributed by atoms with E-state index in [1.54, 1.807) is 10.7 Å². The van der Waals surface area contributed by atoms with E-state index >= 15 is 0 Å². The first-order chi connectivity index (χ1) is 10.6. The zero-order valence-electron chi connectivity index (χ0n) is 12.6. The number of nitrogens with one attached hydrogen (secondary N) is 1. The van der Waals surface area contributed by atoms with Crippen LogP contribution in [-0.4, -0.2) is 32.0 Å². The Bertz CT molecular complexity index is 824. The minimum atomic E-state index is -0.280. The normalized spacial score (nSPS) is 10.8. The molecule has 2 aromatic heterocycles. The molecule has 3 aromatic rings. The van der Waals surface area contributed by atoms with Crippen LogP contribution in [-0.2, 0) is 6.42 Å². The highest BCUT2D eigenvalue weighted by molar-refractivity contribution is 5.90. The quantitative estimate of drug-likeness (QED) is 0.795. The number of aryl methyl sites for hydroxylation is 2. The summed E-state index contributed by atoms with van der Waals surface area (Å²) in [6, 6.07) is 10.1. The molecule has 6 heteroatoms. The number of aromatic nitrogens is 4. The van der Waals surface area contributed by atoms with Crippen LogP contribution < -0.4 is 5.32 Å². The Morgan fingerprint density at radius 2 is 2.14 bits per heavy atom. The third-order valence-corrected chi connectivity index (χ3v) is 3.41. The Morgan fingerprint density at radius 1 is 1.27 bits per heavy atom. The van der Waals surface area contributed by atoms with Crippen molar-refractivity contribution < 1.29 is 4.79 Å². The molecule has 1 amide bonds. The van der Waals surface area contributed by atoms with E-state index in [9.17, 15) is 4.79 Å². The second-order valence-corrected chi connectivity index (χ2v) is 5.23. The summed E-state index contributed by atoms with van der Waals surface area (Å²) in [7, 11) is 0. The molecule has 1 N–H and O–H groups in total. The van der Waals surface area contributed by atoms with Crippen molar-refractivity contribution in [3.8, 4) is 0 Å². The number of fused-ring (bicyclic) bond motifs is 1. The van der Waals surface area contributed by atoms with Crippen LogP contribution in [0.1, 0.15) is 27.4 Å². The molecule has 0 fully saturated rings. The molecular formula is C16H17N5O. The van der Waals surface area contributed by atoms with E-state index in [1.807, 2.05) is 19.1 Å². The van der Waals surface area contributed by atoms with Crippen LogP contribution in [0.4, 0.5) is 0 Å². The molecule has 0 saturated heterocycles. The lowest BCUT2D eigenvalue weighted by atomic mass is 10.1. The molecule has 0 spiro atoms. The number of carbonyl (C=O) groups excluding carboxylic acids is 1. The van der Waals surface area contributed by atoms with Gasteiger partial charge in [-0.15, -0.1) is 5.10 Å². The van der Waals surface area contributed by atoms with Crippen LogP contribution in [0.5, 0.6) is 0 Å². The summed E-state index contributed by atoms with van der Waals surface area (Å²) < 4.78 is 1.56. The summed E-state index contributed by atoms with van der Waals surface area (Å²) in [5.74, 6) is 0.299. The van der Waals surface area contributed by atoms with E-state index < -0.39 is 0 Å². The Labute approximate surface area is 128 Å². The summed E-state index contributed by atoms with van der Waals surface area (Å²) in [5.41, 5.74) is 3.30. The molecule has 0 saturated carbocycles. The topological polar surface area (TPSA) is 72.2 Å². The van der Waals surface area contributed by atoms with Gasteiger partial charge >= 0.3 is 0 Å². The smallest absolute Gasteiger partial charge is 0.291 e. The number of amides is 1. The standard InChI is InChI=1S/C16H17N5O/c1-11-4-3-5-13(10-11)7-9-17-15(22)14-19-16-18-8-6-12(2)21(16)20-14/h3-6,8,10H,7,9H2,1-2H3,(H,17,22). The van der Waals surface area contributed by atoms with Crippen LogP contribution in [0.3, 0.4) is 0 Å². The SMILES string of the molecule is Cc1cccc(CCNC(=O)c2nc3nccc(C)n3n2)c1. The maximum Gasteiger partial charge on any atom is 0.291 e. The Morgan fingerprint density at radius 3 is 2.91 bits per heavy atom. The fourth-order valence-electron chi connectivity index (χ4n) is 2.27. The molecule has 22 heavy (non-hydrogen) atoms. The molecule has 0 radical (unpaired) electrons. The zero-order chi connectivity index (χ0) is 15.5. The molecule has 0 aliphatic rings. The van der Waals surface area contributed by atoms with Gasteiger partial charge in [0.25, 0.3) is 11.7 Å². The first-order valence-corrected chi connectivity index (χ1v) is 7.15. The molecule has 1 aromatic carbocycles. The highest BCUT2D eigenvalue weighted by Crippen LogP contribution is 2.05. The fraction of sp³-hybridized carbons (Fsp3) is 0.250. The molecule has 0 aliphatic heterocycles. The molecule has 2 heterocycles. The van der Waals surface area contributed by atoms with E-state index in [1.165, 1.54) is 11.1 Å². The van der Waals surface area contributed by atoms with Crippen LogP contribution >= 0.6 is 0 Å². The average molecular weight is 295 g/mol. The van der Waals surface area contributed by atoms with E-state index in [0.29, 0.717) is 12.3 Å². The maximum atomic E-state index is 12.1. The largest absolute Gasteiger partial charge is 0.349 e. The molecule has 0 atom stereocenters. The highest BCUT2D eigenvalue weighted by Gasteiger charge is 2.13. The number of carbonyl (C=O) groups is 1. The Hall–Kier alpha value is -2.76. The van der Waals surface area contributed by atoms with Crippen LogP contribution in [0, 0.1) is 13.8 Å². The summed E-state index contributed by atoms with van der Waals surface area (Å²) in [5, 5.41) is 7.03. The van der Waals surface area contributed by atoms with Crippen molar-refractivity contribution in [1.82, 2.24) is 24.9 Å². The van der Waals surface area contributed by atoms with Gasteiger partial charge in [0.05, 0.1) is 0 Å². The molecule has 3 rings (SSSR count). The van der Waals surface area contributed by atoms with Crippen LogP contribution in [0.2, 0.25) is 0 Å². The summed E-state index contributed by atoms with van der Waals surface area (Å²) in [4.78, 5) is 20.3. The van der Waals surface area contributed by atoms with Gasteiger partial charge in [0.15, 0.2) is 0 Å². The third kappa shape index (κ3) is 2.95. The summed E-state index contributed by atoms with van der Waals surface area (Å²) >= 11 is 0. The van der Waals surface area contributed by atoms with Crippen molar-refractivity contribution in [3.05, 3.63) is 59.2 Å². The number of rotatable bonds is 4. The van der Waals surface area contributed by atoms with Gasteiger partial charge in [-0.25, -0.2) is 9.50 Å². The molecule has 0 unspecified atom stereocenters. The predicted molar refractivity (Wildman–Crippen MR) is 82.7 cm³/mol. The van der Waals surface area contributed by atoms with Crippen molar-refractivity contribution in [2.75, 3.05) is 6.54 Å². The van der Waals surface area contributed by atoms with E-state index in [-0.39, 0.29) is 11.7 Å². The number of hydrogen-bond donors (Lipinski definition) is 1. The van der Waals surface area contributed by atoms with Gasteiger partial charge < -0.3 is 5.32 Å². The van der Waals surface area contributed by atoms with Gasteiger partial charge in [-0.1, -0.05) is 29.8 Å². The summed E-state index contributed by atoms with van der Waals surface area (Å²) in [6.07, 6.45) is 2.43. The van der Waals surface area contributed by atoms with Gasteiger partial charge in [-0.2, -0.15) is 4.98 Å². The van der Waals surface area contributed by atoms with E-state index in [2.05, 4.69) is 45.5 Å². The molecule has 6 nitrogen and oxygen atoms in total. The van der Waals surface area contributed by atoms with Gasteiger partial charge in [0, 0.05) is 18.4 Å². The molecule has 0 aliphatic carbocycles. The minimum Gasteiger partial charge on any atom is -0.349 e. The molecular weight excluding hydrogens is 278 g/mol. The van der Waals surface area contributed by atoms with Crippen molar-refractivity contribution in [1.29, 1.82) is 0 Å². The number of nitrogens with zero attached hydrogens (tertiary/aromatic N) is 4. The lowest BCUT2D eigenvalue weighted by Gasteiger charge is -2.03. The first kappa shape index (κ1) is 14.2. The van der Waals surface area contributed by atoms with Crippen molar-refractivity contribution in [2.24, 2.45) is 0 Å². The van der Waals surface area contributed by atoms with Gasteiger partial charge in [0.2, 0.25) is 5.82 Å². The fourth-order valence-corrected chi connectivity index (χ4v) is 2.27. The predicted octanol–water partition coefficient (Wildman–Crippen LogP) is 1.71. The third-order valence-electron chi connectivity index (χ3n) is 3.41. The minimum absolute atomic E-state index is 0.144. The lowest BCUT2D eigenvalue weighted by Crippen LogP contribution is -2.26. The Kier molecular flexibility index (Phi) is 3.82. The van der Waals surface area contributed by atoms with Gasteiger partial charge in [-0.3, -0.25) is 4.79 Å². The molecule has 0 bridgehead atoms.